The van der Waals surface area contributed by atoms with Gasteiger partial charge >= 0.3 is 0 Å². The molecule has 7 heteroatoms. The molecule has 1 unspecified atom stereocenters. The van der Waals surface area contributed by atoms with E-state index in [0.717, 1.165) is 18.7 Å². The van der Waals surface area contributed by atoms with Crippen LogP contribution in [0, 0.1) is 0 Å². The van der Waals surface area contributed by atoms with Crippen molar-refractivity contribution in [2.45, 2.75) is 37.2 Å². The van der Waals surface area contributed by atoms with Gasteiger partial charge in [-0.3, -0.25) is 9.11 Å². The van der Waals surface area contributed by atoms with Crippen molar-refractivity contribution in [2.75, 3.05) is 10.8 Å². The Bertz CT molecular complexity index is 728. The molecule has 142 valence electrons. The molecule has 0 amide bonds. The molecule has 0 spiro atoms. The van der Waals surface area contributed by atoms with E-state index in [4.69, 9.17) is 4.74 Å². The fourth-order valence-electron chi connectivity index (χ4n) is 3.13. The molecule has 2 aromatic carbocycles. The Morgan fingerprint density at radius 3 is 2.46 bits per heavy atom. The van der Waals surface area contributed by atoms with E-state index in [0.29, 0.717) is 23.9 Å². The summed E-state index contributed by atoms with van der Waals surface area (Å²) in [4.78, 5) is 0. The Labute approximate surface area is 162 Å². The summed E-state index contributed by atoms with van der Waals surface area (Å²) in [5.74, 6) is 0.692. The fraction of sp³-hybridized carbons (Fsp3) is 0.368. The van der Waals surface area contributed by atoms with E-state index < -0.39 is 16.2 Å². The molecular formula is C19H25ClN2O3S. The molecular weight excluding hydrogens is 372 g/mol. The number of rotatable bonds is 6. The first-order valence-corrected chi connectivity index (χ1v) is 10.3. The molecule has 1 saturated carbocycles. The molecule has 4 rings (SSSR count). The SMILES string of the molecule is Cl.OS1(O)C(CCCNC2CC2)Oc2ccccc2N1c1ccccc1. The van der Waals surface area contributed by atoms with Gasteiger partial charge in [-0.2, -0.15) is 0 Å². The number of ether oxygens (including phenoxy) is 1. The van der Waals surface area contributed by atoms with Crippen molar-refractivity contribution in [3.63, 3.8) is 0 Å². The number of anilines is 2. The molecule has 0 radical (unpaired) electrons. The number of halogens is 1. The molecule has 5 nitrogen and oxygen atoms in total. The Hall–Kier alpha value is -1.44. The van der Waals surface area contributed by atoms with Gasteiger partial charge in [0.2, 0.25) is 5.44 Å². The minimum atomic E-state index is -3.13. The zero-order valence-corrected chi connectivity index (χ0v) is 16.1. The smallest absolute Gasteiger partial charge is 0.206 e. The number of fused-ring (bicyclic) bond motifs is 1. The Kier molecular flexibility index (Phi) is 5.99. The average molecular weight is 397 g/mol. The predicted molar refractivity (Wildman–Crippen MR) is 110 cm³/mol. The van der Waals surface area contributed by atoms with Gasteiger partial charge in [-0.15, -0.1) is 12.4 Å². The van der Waals surface area contributed by atoms with Crippen LogP contribution in [-0.2, 0) is 0 Å². The molecule has 0 bridgehead atoms. The van der Waals surface area contributed by atoms with Crippen molar-refractivity contribution >= 4 is 34.6 Å². The normalized spacial score (nSPS) is 21.9. The lowest BCUT2D eigenvalue weighted by Gasteiger charge is -2.51. The Morgan fingerprint density at radius 2 is 1.73 bits per heavy atom. The Morgan fingerprint density at radius 1 is 1.04 bits per heavy atom. The lowest BCUT2D eigenvalue weighted by Crippen LogP contribution is -2.39. The predicted octanol–water partition coefficient (Wildman–Crippen LogP) is 5.16. The molecule has 0 aromatic heterocycles. The topological polar surface area (TPSA) is 65.0 Å². The Balaban J connectivity index is 0.00000196. The van der Waals surface area contributed by atoms with E-state index in [1.54, 1.807) is 4.31 Å². The minimum Gasteiger partial charge on any atom is -0.467 e. The third kappa shape index (κ3) is 3.94. The number of nitrogens with one attached hydrogen (secondary N) is 1. The van der Waals surface area contributed by atoms with Crippen LogP contribution >= 0.6 is 23.2 Å². The van der Waals surface area contributed by atoms with Gasteiger partial charge in [-0.25, -0.2) is 4.31 Å². The molecule has 1 aliphatic carbocycles. The maximum atomic E-state index is 11.0. The maximum absolute atomic E-state index is 11.0. The summed E-state index contributed by atoms with van der Waals surface area (Å²) >= 11 is 0. The lowest BCUT2D eigenvalue weighted by molar-refractivity contribution is 0.235. The fourth-order valence-corrected chi connectivity index (χ4v) is 4.95. The summed E-state index contributed by atoms with van der Waals surface area (Å²) < 4.78 is 29.7. The van der Waals surface area contributed by atoms with Gasteiger partial charge < -0.3 is 10.1 Å². The summed E-state index contributed by atoms with van der Waals surface area (Å²) in [6.07, 6.45) is 3.95. The van der Waals surface area contributed by atoms with Crippen molar-refractivity contribution in [3.05, 3.63) is 54.6 Å². The molecule has 2 aliphatic rings. The van der Waals surface area contributed by atoms with Crippen LogP contribution in [0.1, 0.15) is 25.7 Å². The molecule has 1 atom stereocenters. The number of hydrogen-bond acceptors (Lipinski definition) is 5. The van der Waals surface area contributed by atoms with Gasteiger partial charge in [-0.05, 0) is 50.1 Å². The van der Waals surface area contributed by atoms with E-state index in [-0.39, 0.29) is 12.4 Å². The minimum absolute atomic E-state index is 0. The van der Waals surface area contributed by atoms with Crippen LogP contribution in [0.2, 0.25) is 0 Å². The zero-order valence-electron chi connectivity index (χ0n) is 14.5. The summed E-state index contributed by atoms with van der Waals surface area (Å²) in [5, 5.41) is 3.46. The standard InChI is InChI=1S/C19H24N2O3S.ClH/c22-25(23)19(11-6-14-20-15-12-13-15)24-18-10-5-4-9-17(18)21(25)16-7-2-1-3-8-16;/h1-5,7-10,15,19-20,22-23H,6,11-14H2;1H. The molecule has 0 saturated heterocycles. The highest BCUT2D eigenvalue weighted by Gasteiger charge is 2.40. The largest absolute Gasteiger partial charge is 0.467 e. The lowest BCUT2D eigenvalue weighted by atomic mass is 10.2. The second-order valence-electron chi connectivity index (χ2n) is 6.58. The van der Waals surface area contributed by atoms with Crippen LogP contribution < -0.4 is 14.4 Å². The summed E-state index contributed by atoms with van der Waals surface area (Å²) in [6, 6.07) is 17.7. The van der Waals surface area contributed by atoms with Crippen LogP contribution in [0.15, 0.2) is 54.6 Å². The molecule has 26 heavy (non-hydrogen) atoms. The second-order valence-corrected chi connectivity index (χ2v) is 8.59. The van der Waals surface area contributed by atoms with Crippen molar-refractivity contribution in [1.82, 2.24) is 5.32 Å². The van der Waals surface area contributed by atoms with Crippen molar-refractivity contribution in [3.8, 4) is 5.75 Å². The monoisotopic (exact) mass is 396 g/mol. The molecule has 1 fully saturated rings. The summed E-state index contributed by atoms with van der Waals surface area (Å²) in [7, 11) is -3.13. The van der Waals surface area contributed by atoms with Gasteiger partial charge in [0, 0.05) is 12.5 Å². The van der Waals surface area contributed by atoms with Gasteiger partial charge in [0.15, 0.2) is 0 Å². The first-order chi connectivity index (χ1) is 12.2. The quantitative estimate of drug-likeness (QED) is 0.588. The van der Waals surface area contributed by atoms with Crippen LogP contribution in [0.4, 0.5) is 11.4 Å². The molecule has 1 aliphatic heterocycles. The molecule has 2 aromatic rings. The van der Waals surface area contributed by atoms with Crippen LogP contribution in [0.25, 0.3) is 0 Å². The van der Waals surface area contributed by atoms with E-state index in [1.807, 2.05) is 54.6 Å². The van der Waals surface area contributed by atoms with Crippen LogP contribution in [0.3, 0.4) is 0 Å². The highest BCUT2D eigenvalue weighted by atomic mass is 35.5. The van der Waals surface area contributed by atoms with Gasteiger partial charge in [0.25, 0.3) is 0 Å². The van der Waals surface area contributed by atoms with Crippen LogP contribution in [0.5, 0.6) is 5.75 Å². The summed E-state index contributed by atoms with van der Waals surface area (Å²) in [5.41, 5.74) is 0.823. The van der Waals surface area contributed by atoms with E-state index >= 15 is 0 Å². The van der Waals surface area contributed by atoms with Crippen molar-refractivity contribution in [1.29, 1.82) is 0 Å². The van der Waals surface area contributed by atoms with Crippen molar-refractivity contribution < 1.29 is 13.8 Å². The van der Waals surface area contributed by atoms with E-state index in [1.165, 1.54) is 12.8 Å². The van der Waals surface area contributed by atoms with Gasteiger partial charge in [0.1, 0.15) is 11.4 Å². The molecule has 3 N–H and O–H groups in total. The number of hydrogen-bond donors (Lipinski definition) is 3. The first kappa shape index (κ1) is 19.3. The highest BCUT2D eigenvalue weighted by molar-refractivity contribution is 8.26. The average Bonchev–Trinajstić information content (AvgIpc) is 3.43. The summed E-state index contributed by atoms with van der Waals surface area (Å²) in [6.45, 7) is 0.882. The van der Waals surface area contributed by atoms with Crippen molar-refractivity contribution in [2.24, 2.45) is 0 Å². The van der Waals surface area contributed by atoms with Gasteiger partial charge in [0.05, 0.1) is 5.69 Å². The third-order valence-corrected chi connectivity index (χ3v) is 6.56. The second kappa shape index (κ2) is 8.06. The van der Waals surface area contributed by atoms with E-state index in [9.17, 15) is 9.11 Å². The van der Waals surface area contributed by atoms with Crippen LogP contribution in [-0.4, -0.2) is 27.1 Å². The third-order valence-electron chi connectivity index (χ3n) is 4.58. The highest BCUT2D eigenvalue weighted by Crippen LogP contribution is 2.61. The zero-order chi connectivity index (χ0) is 17.3. The molecule has 1 heterocycles. The number of para-hydroxylation sites is 3. The number of benzene rings is 2. The first-order valence-electron chi connectivity index (χ1n) is 8.78. The van der Waals surface area contributed by atoms with E-state index in [2.05, 4.69) is 5.32 Å². The van der Waals surface area contributed by atoms with Gasteiger partial charge in [-0.1, -0.05) is 41.1 Å². The maximum Gasteiger partial charge on any atom is 0.206 e. The number of nitrogens with zero attached hydrogens (tertiary/aromatic N) is 1.